The van der Waals surface area contributed by atoms with E-state index in [9.17, 15) is 24.0 Å². The van der Waals surface area contributed by atoms with Crippen molar-refractivity contribution in [2.75, 3.05) is 20.2 Å². The molecule has 1 saturated heterocycles. The van der Waals surface area contributed by atoms with Crippen molar-refractivity contribution in [2.24, 2.45) is 22.4 Å². The highest BCUT2D eigenvalue weighted by Crippen LogP contribution is 2.41. The highest BCUT2D eigenvalue weighted by molar-refractivity contribution is 6.38. The van der Waals surface area contributed by atoms with Crippen molar-refractivity contribution in [1.82, 2.24) is 20.9 Å². The Morgan fingerprint density at radius 3 is 2.25 bits per heavy atom. The van der Waals surface area contributed by atoms with Crippen molar-refractivity contribution >= 4 is 35.3 Å². The molecular formula is C38H57N5O8. The summed E-state index contributed by atoms with van der Waals surface area (Å²) in [4.78, 5) is 74.9. The maximum absolute atomic E-state index is 14.6. The van der Waals surface area contributed by atoms with Crippen molar-refractivity contribution in [1.29, 1.82) is 0 Å². The van der Waals surface area contributed by atoms with Crippen LogP contribution in [0.4, 0.5) is 4.79 Å². The molecule has 4 rings (SSSR count). The van der Waals surface area contributed by atoms with Crippen LogP contribution in [0, 0.1) is 31.1 Å². The number of likely N-dealkylation sites (tertiary alicyclic amines) is 1. The zero-order valence-corrected chi connectivity index (χ0v) is 31.9. The molecule has 51 heavy (non-hydrogen) atoms. The summed E-state index contributed by atoms with van der Waals surface area (Å²) in [6, 6.07) is 0.796. The van der Waals surface area contributed by atoms with E-state index in [4.69, 9.17) is 14.3 Å². The van der Waals surface area contributed by atoms with Crippen LogP contribution < -0.4 is 20.7 Å². The van der Waals surface area contributed by atoms with Crippen LogP contribution >= 0.6 is 0 Å². The number of oxime groups is 1. The quantitative estimate of drug-likeness (QED) is 0.240. The van der Waals surface area contributed by atoms with E-state index >= 15 is 0 Å². The van der Waals surface area contributed by atoms with Crippen molar-refractivity contribution in [3.8, 4) is 5.75 Å². The number of aryl methyl sites for hydroxylation is 2. The van der Waals surface area contributed by atoms with Crippen LogP contribution in [0.2, 0.25) is 0 Å². The minimum Gasteiger partial charge on any atom is -0.493 e. The van der Waals surface area contributed by atoms with E-state index in [1.807, 2.05) is 67.5 Å². The Kier molecular flexibility index (Phi) is 12.4. The van der Waals surface area contributed by atoms with Gasteiger partial charge in [-0.1, -0.05) is 52.6 Å². The van der Waals surface area contributed by atoms with Gasteiger partial charge in [-0.25, -0.2) is 4.79 Å². The lowest BCUT2D eigenvalue weighted by molar-refractivity contribution is -0.144. The lowest BCUT2D eigenvalue weighted by atomic mass is 9.85. The van der Waals surface area contributed by atoms with E-state index < -0.39 is 58.7 Å². The molecule has 2 fully saturated rings. The number of rotatable bonds is 14. The number of carbonyl (C=O) groups is 5. The summed E-state index contributed by atoms with van der Waals surface area (Å²) in [6.07, 6.45) is 2.12. The fourth-order valence-electron chi connectivity index (χ4n) is 7.10. The molecule has 1 aliphatic carbocycles. The number of likely N-dealkylation sites (N-methyl/N-ethyl adjacent to an activating group) is 1. The highest BCUT2D eigenvalue weighted by Gasteiger charge is 2.56. The largest absolute Gasteiger partial charge is 0.493 e. The number of alkyl carbamates (subject to hydrolysis) is 1. The Hall–Kier alpha value is -4.16. The molecule has 2 heterocycles. The predicted octanol–water partition coefficient (Wildman–Crippen LogP) is 4.34. The summed E-state index contributed by atoms with van der Waals surface area (Å²) in [5, 5.41) is 12.4. The van der Waals surface area contributed by atoms with Crippen molar-refractivity contribution in [3.05, 3.63) is 28.8 Å². The van der Waals surface area contributed by atoms with Gasteiger partial charge >= 0.3 is 6.09 Å². The van der Waals surface area contributed by atoms with Gasteiger partial charge in [0.05, 0.1) is 24.9 Å². The second kappa shape index (κ2) is 16.0. The molecule has 1 spiro atoms. The number of benzene rings is 1. The first-order chi connectivity index (χ1) is 23.9. The van der Waals surface area contributed by atoms with Crippen LogP contribution in [-0.2, 0) is 28.8 Å². The maximum Gasteiger partial charge on any atom is 0.408 e. The average Bonchev–Trinajstić information content (AvgIpc) is 3.64. The van der Waals surface area contributed by atoms with Gasteiger partial charge in [-0.15, -0.1) is 0 Å². The van der Waals surface area contributed by atoms with Gasteiger partial charge in [0.1, 0.15) is 23.9 Å². The monoisotopic (exact) mass is 711 g/mol. The van der Waals surface area contributed by atoms with Gasteiger partial charge in [0.2, 0.25) is 17.6 Å². The first-order valence-corrected chi connectivity index (χ1v) is 18.2. The van der Waals surface area contributed by atoms with E-state index in [0.29, 0.717) is 37.5 Å². The molecule has 13 heteroatoms. The SMILES string of the molecule is CCOc1c(C)cc(C2=NO[C@]3(C2)C[C@@H](C(=O)N[C@@H](CC2CC2)C(=O)C(=O)NC)N(C(=O)[C@@H](NC(=O)O[C@@H](C)CC(C)C)C(C)(C)C)C3)cc1C. The average molecular weight is 712 g/mol. The fourth-order valence-corrected chi connectivity index (χ4v) is 7.10. The van der Waals surface area contributed by atoms with Gasteiger partial charge in [0.25, 0.3) is 5.91 Å². The van der Waals surface area contributed by atoms with Gasteiger partial charge in [-0.05, 0) is 81.0 Å². The minimum absolute atomic E-state index is 0.00958. The molecule has 0 bridgehead atoms. The summed E-state index contributed by atoms with van der Waals surface area (Å²) >= 11 is 0. The fraction of sp³-hybridized carbons (Fsp3) is 0.684. The molecule has 13 nitrogen and oxygen atoms in total. The number of ketones is 1. The summed E-state index contributed by atoms with van der Waals surface area (Å²) in [5.74, 6) is -1.25. The number of ether oxygens (including phenoxy) is 2. The molecule has 4 amide bonds. The van der Waals surface area contributed by atoms with Gasteiger partial charge in [-0.3, -0.25) is 19.2 Å². The summed E-state index contributed by atoms with van der Waals surface area (Å²) in [7, 11) is 1.37. The van der Waals surface area contributed by atoms with Crippen LogP contribution in [0.3, 0.4) is 0 Å². The molecule has 1 aromatic rings. The lowest BCUT2D eigenvalue weighted by Gasteiger charge is -2.35. The third kappa shape index (κ3) is 9.79. The third-order valence-electron chi connectivity index (χ3n) is 9.74. The van der Waals surface area contributed by atoms with E-state index in [1.165, 1.54) is 11.9 Å². The molecule has 5 atom stereocenters. The molecule has 282 valence electrons. The Morgan fingerprint density at radius 2 is 1.71 bits per heavy atom. The smallest absolute Gasteiger partial charge is 0.408 e. The van der Waals surface area contributed by atoms with Crippen molar-refractivity contribution in [2.45, 2.75) is 131 Å². The molecule has 3 aliphatic rings. The Balaban J connectivity index is 1.64. The third-order valence-corrected chi connectivity index (χ3v) is 9.74. The topological polar surface area (TPSA) is 165 Å². The minimum atomic E-state index is -1.07. The van der Waals surface area contributed by atoms with Crippen LogP contribution in [0.15, 0.2) is 17.3 Å². The highest BCUT2D eigenvalue weighted by atomic mass is 16.7. The predicted molar refractivity (Wildman–Crippen MR) is 192 cm³/mol. The van der Waals surface area contributed by atoms with E-state index in [1.54, 1.807) is 6.92 Å². The number of amides is 4. The van der Waals surface area contributed by atoms with Gasteiger partial charge in [-0.2, -0.15) is 0 Å². The number of nitrogens with one attached hydrogen (secondary N) is 3. The van der Waals surface area contributed by atoms with Crippen molar-refractivity contribution in [3.63, 3.8) is 0 Å². The summed E-state index contributed by atoms with van der Waals surface area (Å²) in [6.45, 7) is 17.8. The van der Waals surface area contributed by atoms with E-state index in [-0.39, 0.29) is 25.0 Å². The molecule has 1 aromatic carbocycles. The number of carbonyl (C=O) groups excluding carboxylic acids is 5. The lowest BCUT2D eigenvalue weighted by Crippen LogP contribution is -2.59. The van der Waals surface area contributed by atoms with E-state index in [2.05, 4.69) is 21.1 Å². The Morgan fingerprint density at radius 1 is 1.06 bits per heavy atom. The van der Waals surface area contributed by atoms with E-state index in [0.717, 1.165) is 35.3 Å². The molecule has 0 radical (unpaired) electrons. The molecular weight excluding hydrogens is 654 g/mol. The van der Waals surface area contributed by atoms with Gasteiger partial charge < -0.3 is 35.2 Å². The maximum atomic E-state index is 14.6. The summed E-state index contributed by atoms with van der Waals surface area (Å²) in [5.41, 5.74) is 1.61. The number of hydrogen-bond donors (Lipinski definition) is 3. The van der Waals surface area contributed by atoms with Crippen LogP contribution in [0.5, 0.6) is 5.75 Å². The van der Waals surface area contributed by atoms with Gasteiger partial charge in [0, 0.05) is 25.5 Å². The first kappa shape index (κ1) is 39.6. The normalized spacial score (nSPS) is 21.7. The number of hydrogen-bond acceptors (Lipinski definition) is 9. The summed E-state index contributed by atoms with van der Waals surface area (Å²) < 4.78 is 11.4. The Labute approximate surface area is 301 Å². The standard InChI is InChI=1S/C38H57N5O8/c1-11-49-31-22(4)15-26(16-23(31)5)28-18-38(51-42-28)19-29(33(45)40-27(17-25-12-13-25)30(44)34(46)39-10)43(20-38)35(47)32(37(7,8)9)41-36(48)50-24(6)14-21(2)3/h15-16,21,24-25,27,29,32H,11-14,17-20H2,1-10H3,(H,39,46)(H,40,45)(H,41,48)/t24-,27-,29-,32+,38+/m0/s1. The van der Waals surface area contributed by atoms with Crippen molar-refractivity contribution < 1.29 is 38.3 Å². The second-order valence-electron chi connectivity index (χ2n) is 16.0. The van der Waals surface area contributed by atoms with Crippen LogP contribution in [0.25, 0.3) is 0 Å². The molecule has 3 N–H and O–H groups in total. The zero-order valence-electron chi connectivity index (χ0n) is 31.9. The van der Waals surface area contributed by atoms with Crippen LogP contribution in [0.1, 0.15) is 104 Å². The van der Waals surface area contributed by atoms with Gasteiger partial charge in [0.15, 0.2) is 5.60 Å². The second-order valence-corrected chi connectivity index (χ2v) is 16.0. The molecule has 0 aromatic heterocycles. The number of Topliss-reactive ketones (excluding diaryl/α,β-unsaturated/α-hetero) is 1. The molecule has 1 saturated carbocycles. The number of nitrogens with zero attached hydrogens (tertiary/aromatic N) is 2. The molecule has 2 aliphatic heterocycles. The first-order valence-electron chi connectivity index (χ1n) is 18.2. The van der Waals surface area contributed by atoms with Crippen LogP contribution in [-0.4, -0.2) is 90.2 Å². The molecule has 0 unspecified atom stereocenters. The Bertz CT molecular complexity index is 1510. The zero-order chi connectivity index (χ0) is 37.8.